The fourth-order valence-electron chi connectivity index (χ4n) is 2.24. The van der Waals surface area contributed by atoms with Crippen LogP contribution in [0.4, 0.5) is 0 Å². The van der Waals surface area contributed by atoms with Crippen LogP contribution >= 0.6 is 0 Å². The molecule has 2 heterocycles. The molecule has 3 rings (SSSR count). The third-order valence-corrected chi connectivity index (χ3v) is 3.48. The average molecular weight is 298 g/mol. The Bertz CT molecular complexity index is 678. The monoisotopic (exact) mass is 298 g/mol. The van der Waals surface area contributed by atoms with Gasteiger partial charge in [-0.3, -0.25) is 4.79 Å². The Balaban J connectivity index is 1.68. The molecule has 1 aromatic heterocycles. The second-order valence-corrected chi connectivity index (χ2v) is 5.18. The zero-order chi connectivity index (χ0) is 15.4. The lowest BCUT2D eigenvalue weighted by Crippen LogP contribution is -2.30. The van der Waals surface area contributed by atoms with Crippen molar-refractivity contribution in [3.63, 3.8) is 0 Å². The van der Waals surface area contributed by atoms with Gasteiger partial charge in [0.25, 0.3) is 5.91 Å². The van der Waals surface area contributed by atoms with Gasteiger partial charge in [0.15, 0.2) is 5.76 Å². The van der Waals surface area contributed by atoms with Crippen molar-refractivity contribution in [2.45, 2.75) is 25.8 Å². The van der Waals surface area contributed by atoms with E-state index < -0.39 is 0 Å². The minimum Gasteiger partial charge on any atom is -0.488 e. The van der Waals surface area contributed by atoms with Gasteiger partial charge in [0.05, 0.1) is 24.5 Å². The molecule has 1 aliphatic heterocycles. The summed E-state index contributed by atoms with van der Waals surface area (Å²) in [6, 6.07) is 9.48. The van der Waals surface area contributed by atoms with Crippen LogP contribution in [-0.4, -0.2) is 27.5 Å². The predicted molar refractivity (Wildman–Crippen MR) is 81.2 cm³/mol. The van der Waals surface area contributed by atoms with Gasteiger partial charge in [0, 0.05) is 0 Å². The number of allylic oxidation sites excluding steroid dienone is 1. The largest absolute Gasteiger partial charge is 0.488 e. The van der Waals surface area contributed by atoms with E-state index in [2.05, 4.69) is 15.6 Å². The Hall–Kier alpha value is -2.63. The van der Waals surface area contributed by atoms with E-state index in [0.29, 0.717) is 18.1 Å². The third-order valence-electron chi connectivity index (χ3n) is 3.48. The van der Waals surface area contributed by atoms with Crippen LogP contribution in [-0.2, 0) is 9.53 Å². The first-order chi connectivity index (χ1) is 10.7. The molecule has 0 fully saturated rings. The molecule has 0 aliphatic carbocycles. The summed E-state index contributed by atoms with van der Waals surface area (Å²) in [5, 5.41) is 11.1. The van der Waals surface area contributed by atoms with Crippen molar-refractivity contribution in [2.75, 3.05) is 6.61 Å². The first kappa shape index (κ1) is 14.3. The van der Waals surface area contributed by atoms with Crippen LogP contribution in [0.15, 0.2) is 48.4 Å². The van der Waals surface area contributed by atoms with Gasteiger partial charge >= 0.3 is 0 Å². The molecule has 6 heteroatoms. The van der Waals surface area contributed by atoms with Gasteiger partial charge in [-0.05, 0) is 38.0 Å². The molecule has 1 N–H and O–H groups in total. The number of ether oxygens (including phenoxy) is 1. The number of benzene rings is 1. The standard InChI is InChI=1S/C16H18N4O2/c1-12(17-16(21)15-9-5-6-10-22-15)14-11-20(19-18-14)13-7-3-2-4-8-13/h2-4,7-9,11-12H,5-6,10H2,1H3,(H,17,21). The zero-order valence-electron chi connectivity index (χ0n) is 12.4. The van der Waals surface area contributed by atoms with Gasteiger partial charge in [0.1, 0.15) is 5.69 Å². The minimum atomic E-state index is -0.239. The number of hydrogen-bond donors (Lipinski definition) is 1. The van der Waals surface area contributed by atoms with Crippen molar-refractivity contribution >= 4 is 5.91 Å². The smallest absolute Gasteiger partial charge is 0.286 e. The number of carbonyl (C=O) groups is 1. The van der Waals surface area contributed by atoms with Crippen molar-refractivity contribution in [1.82, 2.24) is 20.3 Å². The fourth-order valence-corrected chi connectivity index (χ4v) is 2.24. The van der Waals surface area contributed by atoms with Gasteiger partial charge in [-0.25, -0.2) is 4.68 Å². The number of carbonyl (C=O) groups excluding carboxylic acids is 1. The van der Waals surface area contributed by atoms with Gasteiger partial charge in [-0.2, -0.15) is 0 Å². The van der Waals surface area contributed by atoms with Crippen LogP contribution in [0, 0.1) is 0 Å². The molecule has 1 aliphatic rings. The molecule has 22 heavy (non-hydrogen) atoms. The lowest BCUT2D eigenvalue weighted by atomic mass is 10.2. The predicted octanol–water partition coefficient (Wildman–Crippen LogP) is 2.14. The normalized spacial score (nSPS) is 15.6. The van der Waals surface area contributed by atoms with Crippen LogP contribution in [0.2, 0.25) is 0 Å². The summed E-state index contributed by atoms with van der Waals surface area (Å²) in [5.74, 6) is 0.190. The fraction of sp³-hybridized carbons (Fsp3) is 0.312. The zero-order valence-corrected chi connectivity index (χ0v) is 12.4. The molecular weight excluding hydrogens is 280 g/mol. The second kappa shape index (κ2) is 6.43. The molecule has 0 saturated carbocycles. The molecular formula is C16H18N4O2. The molecule has 0 radical (unpaired) electrons. The first-order valence-electron chi connectivity index (χ1n) is 7.35. The summed E-state index contributed by atoms with van der Waals surface area (Å²) in [4.78, 5) is 12.1. The summed E-state index contributed by atoms with van der Waals surface area (Å²) in [7, 11) is 0. The maximum absolute atomic E-state index is 12.1. The highest BCUT2D eigenvalue weighted by Gasteiger charge is 2.18. The van der Waals surface area contributed by atoms with Crippen LogP contribution in [0.3, 0.4) is 0 Å². The Morgan fingerprint density at radius 1 is 1.36 bits per heavy atom. The van der Waals surface area contributed by atoms with E-state index in [9.17, 15) is 4.79 Å². The van der Waals surface area contributed by atoms with E-state index in [1.165, 1.54) is 0 Å². The number of hydrogen-bond acceptors (Lipinski definition) is 4. The minimum absolute atomic E-state index is 0.207. The van der Waals surface area contributed by atoms with Crippen molar-refractivity contribution in [2.24, 2.45) is 0 Å². The molecule has 1 amide bonds. The van der Waals surface area contributed by atoms with Crippen molar-refractivity contribution in [1.29, 1.82) is 0 Å². The van der Waals surface area contributed by atoms with Crippen molar-refractivity contribution in [3.8, 4) is 5.69 Å². The van der Waals surface area contributed by atoms with E-state index in [1.54, 1.807) is 4.68 Å². The molecule has 0 bridgehead atoms. The molecule has 0 spiro atoms. The Labute approximate surface area is 128 Å². The summed E-state index contributed by atoms with van der Waals surface area (Å²) in [5.41, 5.74) is 1.63. The van der Waals surface area contributed by atoms with E-state index in [4.69, 9.17) is 4.74 Å². The highest BCUT2D eigenvalue weighted by Crippen LogP contribution is 2.14. The molecule has 0 saturated heterocycles. The van der Waals surface area contributed by atoms with Gasteiger partial charge in [-0.15, -0.1) is 5.10 Å². The SMILES string of the molecule is CC(NC(=O)C1=CCCCO1)c1cn(-c2ccccc2)nn1. The summed E-state index contributed by atoms with van der Waals surface area (Å²) >= 11 is 0. The average Bonchev–Trinajstić information content (AvgIpc) is 3.06. The summed E-state index contributed by atoms with van der Waals surface area (Å²) < 4.78 is 7.05. The maximum Gasteiger partial charge on any atom is 0.286 e. The molecule has 2 aromatic rings. The number of nitrogens with one attached hydrogen (secondary N) is 1. The molecule has 1 aromatic carbocycles. The van der Waals surface area contributed by atoms with Gasteiger partial charge in [-0.1, -0.05) is 23.4 Å². The number of aromatic nitrogens is 3. The number of amides is 1. The molecule has 1 atom stereocenters. The van der Waals surface area contributed by atoms with E-state index >= 15 is 0 Å². The summed E-state index contributed by atoms with van der Waals surface area (Å²) in [6.07, 6.45) is 5.47. The lowest BCUT2D eigenvalue weighted by molar-refractivity contribution is -0.121. The number of rotatable bonds is 4. The van der Waals surface area contributed by atoms with Crippen LogP contribution in [0.5, 0.6) is 0 Å². The van der Waals surface area contributed by atoms with E-state index in [1.807, 2.05) is 49.5 Å². The van der Waals surface area contributed by atoms with Crippen molar-refractivity contribution in [3.05, 3.63) is 54.1 Å². The maximum atomic E-state index is 12.1. The quantitative estimate of drug-likeness (QED) is 0.939. The Morgan fingerprint density at radius 3 is 2.91 bits per heavy atom. The Morgan fingerprint density at radius 2 is 2.18 bits per heavy atom. The van der Waals surface area contributed by atoms with Crippen molar-refractivity contribution < 1.29 is 9.53 Å². The van der Waals surface area contributed by atoms with Gasteiger partial charge in [0.2, 0.25) is 0 Å². The molecule has 114 valence electrons. The second-order valence-electron chi connectivity index (χ2n) is 5.18. The highest BCUT2D eigenvalue weighted by molar-refractivity contribution is 5.91. The number of para-hydroxylation sites is 1. The third kappa shape index (κ3) is 3.16. The molecule has 1 unspecified atom stereocenters. The lowest BCUT2D eigenvalue weighted by Gasteiger charge is -2.16. The highest BCUT2D eigenvalue weighted by atomic mass is 16.5. The summed E-state index contributed by atoms with van der Waals surface area (Å²) in [6.45, 7) is 2.47. The van der Waals surface area contributed by atoms with E-state index in [-0.39, 0.29) is 11.9 Å². The van der Waals surface area contributed by atoms with Gasteiger partial charge < -0.3 is 10.1 Å². The van der Waals surface area contributed by atoms with E-state index in [0.717, 1.165) is 18.5 Å². The van der Waals surface area contributed by atoms with Crippen LogP contribution in [0.25, 0.3) is 5.69 Å². The topological polar surface area (TPSA) is 69.0 Å². The Kier molecular flexibility index (Phi) is 4.18. The van der Waals surface area contributed by atoms with Crippen LogP contribution in [0.1, 0.15) is 31.5 Å². The first-order valence-corrected chi connectivity index (χ1v) is 7.35. The molecule has 6 nitrogen and oxygen atoms in total. The van der Waals surface area contributed by atoms with Crippen LogP contribution < -0.4 is 5.32 Å². The number of nitrogens with zero attached hydrogens (tertiary/aromatic N) is 3.